The van der Waals surface area contributed by atoms with E-state index in [-0.39, 0.29) is 13.0 Å². The quantitative estimate of drug-likeness (QED) is 0.606. The molecule has 8 nitrogen and oxygen atoms in total. The van der Waals surface area contributed by atoms with Crippen molar-refractivity contribution in [3.63, 3.8) is 0 Å². The highest BCUT2D eigenvalue weighted by Gasteiger charge is 2.55. The van der Waals surface area contributed by atoms with Gasteiger partial charge >= 0.3 is 18.4 Å². The topological polar surface area (TPSA) is 109 Å². The number of nitriles is 1. The lowest BCUT2D eigenvalue weighted by Crippen LogP contribution is -2.52. The number of amides is 2. The van der Waals surface area contributed by atoms with Gasteiger partial charge in [-0.2, -0.15) is 31.6 Å². The van der Waals surface area contributed by atoms with Gasteiger partial charge in [-0.05, 0) is 23.6 Å². The molecule has 2 saturated heterocycles. The van der Waals surface area contributed by atoms with Crippen LogP contribution in [0.4, 0.5) is 36.8 Å². The van der Waals surface area contributed by atoms with Crippen LogP contribution in [0.2, 0.25) is 0 Å². The van der Waals surface area contributed by atoms with E-state index in [9.17, 15) is 35.9 Å². The zero-order valence-corrected chi connectivity index (χ0v) is 19.5. The lowest BCUT2D eigenvalue weighted by molar-refractivity contribution is -0.215. The van der Waals surface area contributed by atoms with Crippen molar-refractivity contribution >= 4 is 17.7 Å². The van der Waals surface area contributed by atoms with E-state index in [4.69, 9.17) is 20.5 Å². The Morgan fingerprint density at radius 1 is 1.17 bits per heavy atom. The highest BCUT2D eigenvalue weighted by Crippen LogP contribution is 2.41. The van der Waals surface area contributed by atoms with Crippen LogP contribution in [0.5, 0.6) is 0 Å². The van der Waals surface area contributed by atoms with Gasteiger partial charge in [-0.1, -0.05) is 20.8 Å². The third-order valence-corrected chi connectivity index (χ3v) is 6.04. The molecule has 0 aliphatic carbocycles. The van der Waals surface area contributed by atoms with Gasteiger partial charge in [-0.25, -0.2) is 4.79 Å². The smallest absolute Gasteiger partial charge is 0.433 e. The highest BCUT2D eigenvalue weighted by molar-refractivity contribution is 5.83. The average Bonchev–Trinajstić information content (AvgIpc) is 3.36. The fourth-order valence-corrected chi connectivity index (χ4v) is 4.71. The molecule has 2 N–H and O–H groups in total. The van der Waals surface area contributed by atoms with Crippen LogP contribution in [0.25, 0.3) is 0 Å². The van der Waals surface area contributed by atoms with Crippen LogP contribution in [-0.4, -0.2) is 60.6 Å². The first kappa shape index (κ1) is 27.4. The largest absolute Gasteiger partial charge is 0.444 e. The first-order valence-corrected chi connectivity index (χ1v) is 10.8. The summed E-state index contributed by atoms with van der Waals surface area (Å²) in [7, 11) is 0. The summed E-state index contributed by atoms with van der Waals surface area (Å²) < 4.78 is 91.8. The zero-order chi connectivity index (χ0) is 27.2. The molecular formula is C22H24F6N4O4. The van der Waals surface area contributed by atoms with Crippen LogP contribution < -0.4 is 10.6 Å². The molecule has 2 fully saturated rings. The Morgan fingerprint density at radius 3 is 2.31 bits per heavy atom. The van der Waals surface area contributed by atoms with Gasteiger partial charge < -0.3 is 25.0 Å². The van der Waals surface area contributed by atoms with E-state index < -0.39 is 77.6 Å². The third kappa shape index (κ3) is 5.45. The molecule has 2 heterocycles. The van der Waals surface area contributed by atoms with Crippen LogP contribution in [0, 0.1) is 16.7 Å². The van der Waals surface area contributed by atoms with E-state index in [1.165, 1.54) is 11.0 Å². The number of likely N-dealkylation sites (tertiary alicyclic amines) is 1. The van der Waals surface area contributed by atoms with Crippen molar-refractivity contribution in [1.82, 2.24) is 4.90 Å². The Hall–Kier alpha value is -3.21. The first-order chi connectivity index (χ1) is 16.4. The zero-order valence-electron chi connectivity index (χ0n) is 19.5. The molecular weight excluding hydrogens is 498 g/mol. The molecule has 1 aromatic rings. The summed E-state index contributed by atoms with van der Waals surface area (Å²) in [5.41, 5.74) is 1.78. The van der Waals surface area contributed by atoms with E-state index in [1.54, 1.807) is 20.8 Å². The summed E-state index contributed by atoms with van der Waals surface area (Å²) in [5, 5.41) is 8.96. The SMILES string of the molecule is CC(C)(C)[C@@H]1C(OC(N)=O)CCN1C(=O)[C@@H]1CN(c2ccc(C#N)c(C(F)(F)F)c2)[C@@H](C(F)(F)F)O1. The van der Waals surface area contributed by atoms with Crippen molar-refractivity contribution in [3.8, 4) is 6.07 Å². The number of anilines is 1. The van der Waals surface area contributed by atoms with Crippen molar-refractivity contribution in [1.29, 1.82) is 5.26 Å². The minimum absolute atomic E-state index is 0.0460. The molecule has 2 amide bonds. The molecule has 1 unspecified atom stereocenters. The first-order valence-electron chi connectivity index (χ1n) is 10.8. The summed E-state index contributed by atoms with van der Waals surface area (Å²) in [5.74, 6) is -0.827. The van der Waals surface area contributed by atoms with Crippen molar-refractivity contribution in [3.05, 3.63) is 29.3 Å². The van der Waals surface area contributed by atoms with E-state index in [0.29, 0.717) is 11.0 Å². The van der Waals surface area contributed by atoms with Crippen LogP contribution in [-0.2, 0) is 20.4 Å². The highest BCUT2D eigenvalue weighted by atomic mass is 19.4. The van der Waals surface area contributed by atoms with Crippen molar-refractivity contribution in [2.75, 3.05) is 18.0 Å². The predicted molar refractivity (Wildman–Crippen MR) is 112 cm³/mol. The summed E-state index contributed by atoms with van der Waals surface area (Å²) >= 11 is 0. The van der Waals surface area contributed by atoms with E-state index in [1.807, 2.05) is 0 Å². The fourth-order valence-electron chi connectivity index (χ4n) is 4.71. The van der Waals surface area contributed by atoms with Gasteiger partial charge in [-0.3, -0.25) is 4.79 Å². The second-order valence-electron chi connectivity index (χ2n) is 9.62. The van der Waals surface area contributed by atoms with Gasteiger partial charge in [0.05, 0.1) is 29.8 Å². The maximum absolute atomic E-state index is 13.8. The van der Waals surface area contributed by atoms with E-state index in [0.717, 1.165) is 12.1 Å². The molecule has 0 aromatic heterocycles. The second-order valence-corrected chi connectivity index (χ2v) is 9.62. The number of carbonyl (C=O) groups is 2. The van der Waals surface area contributed by atoms with E-state index in [2.05, 4.69) is 0 Å². The lowest BCUT2D eigenvalue weighted by atomic mass is 9.83. The summed E-state index contributed by atoms with van der Waals surface area (Å²) in [4.78, 5) is 26.4. The lowest BCUT2D eigenvalue weighted by Gasteiger charge is -2.38. The normalized spacial score (nSPS) is 25.1. The number of nitrogens with zero attached hydrogens (tertiary/aromatic N) is 3. The summed E-state index contributed by atoms with van der Waals surface area (Å²) in [6.07, 6.45) is -16.1. The molecule has 4 atom stereocenters. The molecule has 198 valence electrons. The van der Waals surface area contributed by atoms with Crippen molar-refractivity contribution < 1.29 is 45.4 Å². The standard InChI is InChI=1S/C22H24F6N4O4/c1-20(2,3)16-14(36-19(30)34)6-7-31(16)17(33)15-10-32(18(35-15)22(26,27)28)12-5-4-11(9-29)13(8-12)21(23,24)25/h4-5,8,14-16,18H,6-7,10H2,1-3H3,(H2,30,34)/t14?,15-,16-,18+/m0/s1. The third-order valence-electron chi connectivity index (χ3n) is 6.04. The number of rotatable bonds is 3. The van der Waals surface area contributed by atoms with Gasteiger partial charge in [-0.15, -0.1) is 0 Å². The Morgan fingerprint density at radius 2 is 1.81 bits per heavy atom. The number of nitrogens with two attached hydrogens (primary N) is 1. The summed E-state index contributed by atoms with van der Waals surface area (Å²) in [6, 6.07) is 2.77. The molecule has 0 saturated carbocycles. The number of benzene rings is 1. The fraction of sp³-hybridized carbons (Fsp3) is 0.591. The molecule has 3 rings (SSSR count). The Balaban J connectivity index is 1.94. The van der Waals surface area contributed by atoms with Gasteiger partial charge in [0.1, 0.15) is 6.10 Å². The van der Waals surface area contributed by atoms with Crippen LogP contribution >= 0.6 is 0 Å². The number of ether oxygens (including phenoxy) is 2. The number of halogens is 6. The molecule has 0 spiro atoms. The van der Waals surface area contributed by atoms with Gasteiger partial charge in [0, 0.05) is 18.7 Å². The molecule has 2 aliphatic heterocycles. The maximum atomic E-state index is 13.8. The van der Waals surface area contributed by atoms with Crippen LogP contribution in [0.1, 0.15) is 38.3 Å². The molecule has 2 aliphatic rings. The van der Waals surface area contributed by atoms with E-state index >= 15 is 0 Å². The Bertz CT molecular complexity index is 1060. The average molecular weight is 522 g/mol. The van der Waals surface area contributed by atoms with Crippen LogP contribution in [0.3, 0.4) is 0 Å². The van der Waals surface area contributed by atoms with Crippen LogP contribution in [0.15, 0.2) is 18.2 Å². The van der Waals surface area contributed by atoms with Crippen molar-refractivity contribution in [2.45, 2.75) is 64.0 Å². The van der Waals surface area contributed by atoms with Gasteiger partial charge in [0.2, 0.25) is 6.23 Å². The van der Waals surface area contributed by atoms with Gasteiger partial charge in [0.25, 0.3) is 5.91 Å². The molecule has 14 heteroatoms. The molecule has 36 heavy (non-hydrogen) atoms. The Kier molecular flexibility index (Phi) is 7.11. The maximum Gasteiger partial charge on any atom is 0.433 e. The molecule has 0 bridgehead atoms. The number of hydrogen-bond donors (Lipinski definition) is 1. The summed E-state index contributed by atoms with van der Waals surface area (Å²) in [6.45, 7) is 4.59. The minimum Gasteiger partial charge on any atom is -0.444 e. The minimum atomic E-state index is -5.05. The number of primary amides is 1. The van der Waals surface area contributed by atoms with Crippen molar-refractivity contribution in [2.24, 2.45) is 11.1 Å². The second kappa shape index (κ2) is 9.34. The monoisotopic (exact) mass is 522 g/mol. The number of hydrogen-bond acceptors (Lipinski definition) is 6. The number of alkyl halides is 6. The molecule has 1 aromatic carbocycles. The molecule has 0 radical (unpaired) electrons. The Labute approximate surface area is 202 Å². The van der Waals surface area contributed by atoms with Gasteiger partial charge in [0.15, 0.2) is 6.10 Å². The predicted octanol–water partition coefficient (Wildman–Crippen LogP) is 3.78. The number of carbonyl (C=O) groups excluding carboxylic acids is 2.